The van der Waals surface area contributed by atoms with E-state index < -0.39 is 10.0 Å². The third kappa shape index (κ3) is 5.06. The molecule has 0 atom stereocenters. The van der Waals surface area contributed by atoms with Crippen LogP contribution in [0.15, 0.2) is 4.90 Å². The first-order valence-corrected chi connectivity index (χ1v) is 8.73. The minimum absolute atomic E-state index is 0.255. The summed E-state index contributed by atoms with van der Waals surface area (Å²) < 4.78 is 34.2. The summed E-state index contributed by atoms with van der Waals surface area (Å²) in [6.45, 7) is 8.02. The fourth-order valence-electron chi connectivity index (χ4n) is 2.11. The third-order valence-electron chi connectivity index (χ3n) is 3.03. The summed E-state index contributed by atoms with van der Waals surface area (Å²) in [5.74, 6) is 0. The number of nitrogens with one attached hydrogen (secondary N) is 1. The predicted molar refractivity (Wildman–Crippen MR) is 81.7 cm³/mol. The van der Waals surface area contributed by atoms with Crippen LogP contribution in [0.25, 0.3) is 0 Å². The molecular weight excluding hydrogens is 292 g/mol. The lowest BCUT2D eigenvalue weighted by molar-refractivity contribution is 0.133. The van der Waals surface area contributed by atoms with Crippen molar-refractivity contribution in [2.24, 2.45) is 5.73 Å². The number of nitrogens with two attached hydrogens (primary N) is 1. The van der Waals surface area contributed by atoms with Crippen molar-refractivity contribution in [1.29, 1.82) is 0 Å². The van der Waals surface area contributed by atoms with Gasteiger partial charge in [-0.15, -0.1) is 0 Å². The van der Waals surface area contributed by atoms with Crippen LogP contribution in [0.5, 0.6) is 0 Å². The zero-order valence-corrected chi connectivity index (χ0v) is 13.9. The van der Waals surface area contributed by atoms with Gasteiger partial charge in [-0.1, -0.05) is 6.92 Å². The van der Waals surface area contributed by atoms with Crippen LogP contribution in [0, 0.1) is 13.8 Å². The molecule has 0 spiro atoms. The van der Waals surface area contributed by atoms with E-state index in [-0.39, 0.29) is 4.90 Å². The zero-order chi connectivity index (χ0) is 15.9. The second kappa shape index (κ2) is 8.47. The standard InChI is InChI=1S/C13H26N4O3S/c1-4-9-20-10-5-7-15-21(18,19)13-11(2)16-17(8-6-14)12(13)3/h15H,4-10,14H2,1-3H3. The van der Waals surface area contributed by atoms with E-state index in [1.165, 1.54) is 0 Å². The van der Waals surface area contributed by atoms with Gasteiger partial charge in [0, 0.05) is 26.3 Å². The van der Waals surface area contributed by atoms with Crippen molar-refractivity contribution in [3.8, 4) is 0 Å². The minimum atomic E-state index is -3.54. The predicted octanol–water partition coefficient (Wildman–Crippen LogP) is 0.554. The van der Waals surface area contributed by atoms with Gasteiger partial charge in [-0.25, -0.2) is 13.1 Å². The lowest BCUT2D eigenvalue weighted by Gasteiger charge is -2.08. The molecule has 0 saturated carbocycles. The highest BCUT2D eigenvalue weighted by atomic mass is 32.2. The molecule has 122 valence electrons. The highest BCUT2D eigenvalue weighted by molar-refractivity contribution is 7.89. The van der Waals surface area contributed by atoms with E-state index in [0.29, 0.717) is 50.7 Å². The number of nitrogens with zero attached hydrogens (tertiary/aromatic N) is 2. The van der Waals surface area contributed by atoms with Crippen molar-refractivity contribution >= 4 is 10.0 Å². The summed E-state index contributed by atoms with van der Waals surface area (Å²) in [5, 5.41) is 4.23. The van der Waals surface area contributed by atoms with Gasteiger partial charge in [0.2, 0.25) is 10.0 Å². The van der Waals surface area contributed by atoms with Crippen LogP contribution in [-0.4, -0.2) is 44.5 Å². The van der Waals surface area contributed by atoms with E-state index in [4.69, 9.17) is 10.5 Å². The molecule has 1 rings (SSSR count). The van der Waals surface area contributed by atoms with Crippen LogP contribution in [0.3, 0.4) is 0 Å². The number of rotatable bonds is 10. The molecule has 0 radical (unpaired) electrons. The summed E-state index contributed by atoms with van der Waals surface area (Å²) in [7, 11) is -3.54. The van der Waals surface area contributed by atoms with Crippen molar-refractivity contribution in [3.05, 3.63) is 11.4 Å². The van der Waals surface area contributed by atoms with Gasteiger partial charge in [0.25, 0.3) is 0 Å². The normalized spacial score (nSPS) is 12.0. The maximum absolute atomic E-state index is 12.3. The topological polar surface area (TPSA) is 99.2 Å². The highest BCUT2D eigenvalue weighted by Gasteiger charge is 2.23. The molecule has 3 N–H and O–H groups in total. The SMILES string of the molecule is CCCOCCCNS(=O)(=O)c1c(C)nn(CCN)c1C. The molecule has 0 saturated heterocycles. The van der Waals surface area contributed by atoms with Gasteiger partial charge < -0.3 is 10.5 Å². The van der Waals surface area contributed by atoms with Crippen molar-refractivity contribution in [3.63, 3.8) is 0 Å². The molecule has 0 aliphatic heterocycles. The van der Waals surface area contributed by atoms with Gasteiger partial charge in [0.1, 0.15) is 4.90 Å². The van der Waals surface area contributed by atoms with Gasteiger partial charge in [-0.2, -0.15) is 5.10 Å². The Hall–Kier alpha value is -0.960. The molecule has 0 unspecified atom stereocenters. The first-order chi connectivity index (χ1) is 9.94. The Morgan fingerprint density at radius 2 is 2.05 bits per heavy atom. The number of hydrogen-bond donors (Lipinski definition) is 2. The minimum Gasteiger partial charge on any atom is -0.381 e. The van der Waals surface area contributed by atoms with E-state index in [1.54, 1.807) is 18.5 Å². The summed E-state index contributed by atoms with van der Waals surface area (Å²) in [6, 6.07) is 0. The molecule has 7 nitrogen and oxygen atoms in total. The summed E-state index contributed by atoms with van der Waals surface area (Å²) in [6.07, 6.45) is 1.61. The fourth-order valence-corrected chi connectivity index (χ4v) is 3.59. The van der Waals surface area contributed by atoms with Crippen molar-refractivity contribution in [1.82, 2.24) is 14.5 Å². The number of sulfonamides is 1. The van der Waals surface area contributed by atoms with Crippen LogP contribution in [0.4, 0.5) is 0 Å². The smallest absolute Gasteiger partial charge is 0.244 e. The Morgan fingerprint density at radius 3 is 2.67 bits per heavy atom. The molecule has 1 aromatic heterocycles. The Bertz CT molecular complexity index is 540. The lowest BCUT2D eigenvalue weighted by atomic mass is 10.4. The van der Waals surface area contributed by atoms with Gasteiger partial charge in [-0.05, 0) is 26.7 Å². The van der Waals surface area contributed by atoms with Crippen molar-refractivity contribution in [2.45, 2.75) is 45.1 Å². The maximum atomic E-state index is 12.3. The molecule has 0 amide bonds. The van der Waals surface area contributed by atoms with E-state index >= 15 is 0 Å². The first-order valence-electron chi connectivity index (χ1n) is 7.25. The average molecular weight is 318 g/mol. The number of hydrogen-bond acceptors (Lipinski definition) is 5. The summed E-state index contributed by atoms with van der Waals surface area (Å²) >= 11 is 0. The van der Waals surface area contributed by atoms with Crippen molar-refractivity contribution < 1.29 is 13.2 Å². The molecule has 0 aromatic carbocycles. The molecule has 0 aliphatic rings. The zero-order valence-electron chi connectivity index (χ0n) is 13.1. The molecule has 21 heavy (non-hydrogen) atoms. The van der Waals surface area contributed by atoms with Gasteiger partial charge >= 0.3 is 0 Å². The monoisotopic (exact) mass is 318 g/mol. The number of ether oxygens (including phenoxy) is 1. The van der Waals surface area contributed by atoms with Gasteiger partial charge in [0.15, 0.2) is 0 Å². The molecule has 0 bridgehead atoms. The Balaban J connectivity index is 2.66. The van der Waals surface area contributed by atoms with Crippen LogP contribution < -0.4 is 10.5 Å². The molecule has 0 fully saturated rings. The fraction of sp³-hybridized carbons (Fsp3) is 0.769. The number of aromatic nitrogens is 2. The largest absolute Gasteiger partial charge is 0.381 e. The summed E-state index contributed by atoms with van der Waals surface area (Å²) in [5.41, 5.74) is 6.61. The van der Waals surface area contributed by atoms with Crippen LogP contribution in [0.2, 0.25) is 0 Å². The van der Waals surface area contributed by atoms with E-state index in [9.17, 15) is 8.42 Å². The van der Waals surface area contributed by atoms with Crippen LogP contribution in [-0.2, 0) is 21.3 Å². The van der Waals surface area contributed by atoms with Crippen LogP contribution in [0.1, 0.15) is 31.2 Å². The molecular formula is C13H26N4O3S. The Kier molecular flexibility index (Phi) is 7.30. The van der Waals surface area contributed by atoms with Crippen LogP contribution >= 0.6 is 0 Å². The maximum Gasteiger partial charge on any atom is 0.244 e. The Morgan fingerprint density at radius 1 is 1.33 bits per heavy atom. The second-order valence-corrected chi connectivity index (χ2v) is 6.58. The lowest BCUT2D eigenvalue weighted by Crippen LogP contribution is -2.26. The van der Waals surface area contributed by atoms with Crippen molar-refractivity contribution in [2.75, 3.05) is 26.3 Å². The third-order valence-corrected chi connectivity index (χ3v) is 4.74. The van der Waals surface area contributed by atoms with Gasteiger partial charge in [-0.3, -0.25) is 4.68 Å². The highest BCUT2D eigenvalue weighted by Crippen LogP contribution is 2.18. The molecule has 1 heterocycles. The second-order valence-electron chi connectivity index (χ2n) is 4.88. The number of aryl methyl sites for hydroxylation is 1. The van der Waals surface area contributed by atoms with E-state index in [1.807, 2.05) is 6.92 Å². The van der Waals surface area contributed by atoms with E-state index in [0.717, 1.165) is 6.42 Å². The first kappa shape index (κ1) is 18.1. The molecule has 1 aromatic rings. The molecule has 0 aliphatic carbocycles. The average Bonchev–Trinajstić information content (AvgIpc) is 2.69. The Labute approximate surface area is 126 Å². The van der Waals surface area contributed by atoms with E-state index in [2.05, 4.69) is 9.82 Å². The molecule has 8 heteroatoms. The quantitative estimate of drug-likeness (QED) is 0.614. The van der Waals surface area contributed by atoms with Gasteiger partial charge in [0.05, 0.1) is 17.9 Å². The summed E-state index contributed by atoms with van der Waals surface area (Å²) in [4.78, 5) is 0.255.